The molecule has 4 nitrogen and oxygen atoms in total. The molecule has 1 aliphatic rings. The summed E-state index contributed by atoms with van der Waals surface area (Å²) in [5.74, 6) is 0. The molecule has 1 atom stereocenters. The molecule has 64 valence electrons. The Morgan fingerprint density at radius 3 is 3.27 bits per heavy atom. The number of nitrogens with zero attached hydrogens (tertiary/aromatic N) is 1. The van der Waals surface area contributed by atoms with Gasteiger partial charge in [0, 0.05) is 6.61 Å². The van der Waals surface area contributed by atoms with Gasteiger partial charge in [0.2, 0.25) is 0 Å². The highest BCUT2D eigenvalue weighted by Gasteiger charge is 2.21. The van der Waals surface area contributed by atoms with Crippen molar-refractivity contribution < 1.29 is 14.7 Å². The molecule has 0 radical (unpaired) electrons. The van der Waals surface area contributed by atoms with Crippen LogP contribution in [0.4, 0.5) is 0 Å². The van der Waals surface area contributed by atoms with Gasteiger partial charge >= 0.3 is 0 Å². The van der Waals surface area contributed by atoms with E-state index in [-0.39, 0.29) is 0 Å². The second kappa shape index (κ2) is 4.31. The van der Waals surface area contributed by atoms with E-state index in [1.54, 1.807) is 0 Å². The van der Waals surface area contributed by atoms with Crippen molar-refractivity contribution in [1.29, 1.82) is 0 Å². The van der Waals surface area contributed by atoms with E-state index in [4.69, 9.17) is 14.7 Å². The predicted octanol–water partition coefficient (Wildman–Crippen LogP) is 0.990. The lowest BCUT2D eigenvalue weighted by Gasteiger charge is -2.22. The minimum atomic E-state index is -0.418. The summed E-state index contributed by atoms with van der Waals surface area (Å²) in [5, 5.41) is 11.6. The van der Waals surface area contributed by atoms with E-state index in [9.17, 15) is 0 Å². The summed E-state index contributed by atoms with van der Waals surface area (Å²) in [6.45, 7) is 3.14. The molecule has 0 bridgehead atoms. The van der Waals surface area contributed by atoms with Gasteiger partial charge < -0.3 is 14.7 Å². The molecule has 1 rings (SSSR count). The Kier molecular flexibility index (Phi) is 3.32. The first-order valence-corrected chi connectivity index (χ1v) is 3.82. The van der Waals surface area contributed by atoms with Crippen LogP contribution in [-0.2, 0) is 9.47 Å². The summed E-state index contributed by atoms with van der Waals surface area (Å²) in [6.07, 6.45) is 1.25. The predicted molar refractivity (Wildman–Crippen MR) is 39.8 cm³/mol. The molecule has 0 aromatic carbocycles. The topological polar surface area (TPSA) is 51.0 Å². The van der Waals surface area contributed by atoms with E-state index in [2.05, 4.69) is 5.16 Å². The van der Waals surface area contributed by atoms with Crippen molar-refractivity contribution in [2.75, 3.05) is 13.2 Å². The van der Waals surface area contributed by atoms with E-state index >= 15 is 0 Å². The van der Waals surface area contributed by atoms with Crippen LogP contribution in [0.3, 0.4) is 0 Å². The zero-order chi connectivity index (χ0) is 8.10. The zero-order valence-electron chi connectivity index (χ0n) is 6.62. The summed E-state index contributed by atoms with van der Waals surface area (Å²) in [5.41, 5.74) is 0.595. The van der Waals surface area contributed by atoms with E-state index in [0.29, 0.717) is 18.9 Å². The fourth-order valence-corrected chi connectivity index (χ4v) is 1.05. The fraction of sp³-hybridized carbons (Fsp3) is 0.857. The SMILES string of the molecule is CCOC1OCCCC1=NO. The third-order valence-corrected chi connectivity index (χ3v) is 1.57. The molecule has 1 aliphatic heterocycles. The Hall–Kier alpha value is -0.610. The molecule has 1 unspecified atom stereocenters. The van der Waals surface area contributed by atoms with Crippen LogP contribution in [0.15, 0.2) is 5.16 Å². The van der Waals surface area contributed by atoms with Crippen LogP contribution in [0.1, 0.15) is 19.8 Å². The number of ether oxygens (including phenoxy) is 2. The van der Waals surface area contributed by atoms with Gasteiger partial charge in [0.05, 0.1) is 6.61 Å². The van der Waals surface area contributed by atoms with Crippen LogP contribution >= 0.6 is 0 Å². The Labute approximate surface area is 65.8 Å². The van der Waals surface area contributed by atoms with Gasteiger partial charge in [-0.15, -0.1) is 0 Å². The second-order valence-corrected chi connectivity index (χ2v) is 2.35. The Balaban J connectivity index is 2.45. The van der Waals surface area contributed by atoms with Crippen LogP contribution in [0.25, 0.3) is 0 Å². The number of oxime groups is 1. The first kappa shape index (κ1) is 8.49. The number of hydrogen-bond acceptors (Lipinski definition) is 4. The minimum absolute atomic E-state index is 0.418. The third-order valence-electron chi connectivity index (χ3n) is 1.57. The van der Waals surface area contributed by atoms with Gasteiger partial charge in [0.1, 0.15) is 5.71 Å². The molecule has 0 spiro atoms. The lowest BCUT2D eigenvalue weighted by atomic mass is 10.2. The van der Waals surface area contributed by atoms with Crippen molar-refractivity contribution in [3.05, 3.63) is 0 Å². The fourth-order valence-electron chi connectivity index (χ4n) is 1.05. The minimum Gasteiger partial charge on any atom is -0.411 e. The average Bonchev–Trinajstić information content (AvgIpc) is 2.06. The van der Waals surface area contributed by atoms with Gasteiger partial charge in [-0.25, -0.2) is 0 Å². The normalized spacial score (nSPS) is 29.2. The summed E-state index contributed by atoms with van der Waals surface area (Å²) in [7, 11) is 0. The van der Waals surface area contributed by atoms with E-state index in [0.717, 1.165) is 12.8 Å². The van der Waals surface area contributed by atoms with Crippen molar-refractivity contribution in [2.24, 2.45) is 5.16 Å². The number of hydrogen-bond donors (Lipinski definition) is 1. The van der Waals surface area contributed by atoms with Crippen molar-refractivity contribution in [2.45, 2.75) is 26.1 Å². The summed E-state index contributed by atoms with van der Waals surface area (Å²) in [4.78, 5) is 0. The Morgan fingerprint density at radius 2 is 2.64 bits per heavy atom. The van der Waals surface area contributed by atoms with E-state index in [1.165, 1.54) is 0 Å². The monoisotopic (exact) mass is 159 g/mol. The van der Waals surface area contributed by atoms with Gasteiger partial charge in [-0.3, -0.25) is 0 Å². The summed E-state index contributed by atoms with van der Waals surface area (Å²) in [6, 6.07) is 0. The smallest absolute Gasteiger partial charge is 0.200 e. The van der Waals surface area contributed by atoms with Crippen molar-refractivity contribution in [3.8, 4) is 0 Å². The van der Waals surface area contributed by atoms with Crippen molar-refractivity contribution in [3.63, 3.8) is 0 Å². The van der Waals surface area contributed by atoms with Crippen LogP contribution in [0.2, 0.25) is 0 Å². The van der Waals surface area contributed by atoms with Gasteiger partial charge in [-0.05, 0) is 19.8 Å². The maximum atomic E-state index is 8.52. The largest absolute Gasteiger partial charge is 0.411 e. The van der Waals surface area contributed by atoms with Crippen LogP contribution < -0.4 is 0 Å². The molecule has 11 heavy (non-hydrogen) atoms. The molecular formula is C7H13NO3. The maximum absolute atomic E-state index is 8.52. The Bertz CT molecular complexity index is 145. The molecule has 1 saturated heterocycles. The molecule has 4 heteroatoms. The van der Waals surface area contributed by atoms with Gasteiger partial charge in [-0.2, -0.15) is 0 Å². The first-order chi connectivity index (χ1) is 5.38. The highest BCUT2D eigenvalue weighted by Crippen LogP contribution is 2.11. The van der Waals surface area contributed by atoms with Gasteiger partial charge in [0.15, 0.2) is 6.29 Å². The van der Waals surface area contributed by atoms with Crippen molar-refractivity contribution in [1.82, 2.24) is 0 Å². The highest BCUT2D eigenvalue weighted by molar-refractivity contribution is 5.87. The number of rotatable bonds is 2. The molecular weight excluding hydrogens is 146 g/mol. The van der Waals surface area contributed by atoms with Gasteiger partial charge in [0.25, 0.3) is 0 Å². The lowest BCUT2D eigenvalue weighted by molar-refractivity contribution is -0.105. The molecule has 1 heterocycles. The second-order valence-electron chi connectivity index (χ2n) is 2.35. The Morgan fingerprint density at radius 1 is 1.82 bits per heavy atom. The standard InChI is InChI=1S/C7H13NO3/c1-2-10-7-6(8-9)4-3-5-11-7/h7,9H,2-5H2,1H3. The highest BCUT2D eigenvalue weighted by atomic mass is 16.7. The molecule has 1 fully saturated rings. The molecule has 0 amide bonds. The summed E-state index contributed by atoms with van der Waals surface area (Å²) < 4.78 is 10.4. The van der Waals surface area contributed by atoms with Gasteiger partial charge in [-0.1, -0.05) is 5.16 Å². The van der Waals surface area contributed by atoms with Crippen LogP contribution in [0.5, 0.6) is 0 Å². The maximum Gasteiger partial charge on any atom is 0.200 e. The van der Waals surface area contributed by atoms with Crippen LogP contribution in [0, 0.1) is 0 Å². The van der Waals surface area contributed by atoms with E-state index < -0.39 is 6.29 Å². The van der Waals surface area contributed by atoms with Crippen LogP contribution in [-0.4, -0.2) is 30.4 Å². The third kappa shape index (κ3) is 2.17. The lowest BCUT2D eigenvalue weighted by Crippen LogP contribution is -2.32. The molecule has 0 aliphatic carbocycles. The quantitative estimate of drug-likeness (QED) is 0.483. The molecule has 1 N–H and O–H groups in total. The average molecular weight is 159 g/mol. The summed E-state index contributed by atoms with van der Waals surface area (Å²) >= 11 is 0. The molecule has 0 aromatic heterocycles. The molecule has 0 aromatic rings. The first-order valence-electron chi connectivity index (χ1n) is 3.82. The molecule has 0 saturated carbocycles. The zero-order valence-corrected chi connectivity index (χ0v) is 6.62. The van der Waals surface area contributed by atoms with E-state index in [1.807, 2.05) is 6.92 Å². The van der Waals surface area contributed by atoms with Crippen molar-refractivity contribution >= 4 is 5.71 Å².